The van der Waals surface area contributed by atoms with Gasteiger partial charge in [0.15, 0.2) is 0 Å². The molecule has 1 aromatic heterocycles. The maximum atomic E-state index is 10.0. The zero-order chi connectivity index (χ0) is 11.5. The molecular formula is C12H22N2O. The van der Waals surface area contributed by atoms with Gasteiger partial charge in [-0.2, -0.15) is 0 Å². The highest BCUT2D eigenvalue weighted by atomic mass is 16.3. The zero-order valence-electron chi connectivity index (χ0n) is 10.2. The summed E-state index contributed by atoms with van der Waals surface area (Å²) in [7, 11) is 0. The number of nitrogens with zero attached hydrogens (tertiary/aromatic N) is 2. The number of rotatable bonds is 4. The lowest BCUT2D eigenvalue weighted by atomic mass is 9.89. The van der Waals surface area contributed by atoms with Gasteiger partial charge in [0.2, 0.25) is 0 Å². The first-order chi connectivity index (χ1) is 6.95. The standard InChI is InChI=1S/C12H22N2O/c1-5-6-11-13-7-8-14(11)9-10(15)12(2,3)4/h7-8,10,15H,5-6,9H2,1-4H3. The molecule has 1 heterocycles. The van der Waals surface area contributed by atoms with Crippen LogP contribution in [0.15, 0.2) is 12.4 Å². The molecule has 15 heavy (non-hydrogen) atoms. The first kappa shape index (κ1) is 12.2. The van der Waals surface area contributed by atoms with Crippen molar-refractivity contribution in [3.63, 3.8) is 0 Å². The van der Waals surface area contributed by atoms with Crippen molar-refractivity contribution in [2.75, 3.05) is 0 Å². The Morgan fingerprint density at radius 2 is 2.13 bits per heavy atom. The van der Waals surface area contributed by atoms with Gasteiger partial charge in [-0.15, -0.1) is 0 Å². The Bertz CT molecular complexity index is 299. The fourth-order valence-electron chi connectivity index (χ4n) is 1.42. The number of hydrogen-bond acceptors (Lipinski definition) is 2. The second kappa shape index (κ2) is 4.79. The van der Waals surface area contributed by atoms with Crippen LogP contribution in [0.25, 0.3) is 0 Å². The lowest BCUT2D eigenvalue weighted by molar-refractivity contribution is 0.0474. The SMILES string of the molecule is CCCc1nccn1CC(O)C(C)(C)C. The van der Waals surface area contributed by atoms with Crippen molar-refractivity contribution in [3.8, 4) is 0 Å². The molecule has 0 radical (unpaired) electrons. The second-order valence-electron chi connectivity index (χ2n) is 5.13. The van der Waals surface area contributed by atoms with E-state index in [1.54, 1.807) is 6.20 Å². The van der Waals surface area contributed by atoms with Gasteiger partial charge in [-0.3, -0.25) is 0 Å². The molecule has 1 N–H and O–H groups in total. The topological polar surface area (TPSA) is 38.0 Å². The van der Waals surface area contributed by atoms with Gasteiger partial charge in [-0.05, 0) is 11.8 Å². The van der Waals surface area contributed by atoms with Crippen LogP contribution in [0.3, 0.4) is 0 Å². The van der Waals surface area contributed by atoms with Crippen LogP contribution >= 0.6 is 0 Å². The van der Waals surface area contributed by atoms with Crippen LogP contribution in [0.4, 0.5) is 0 Å². The summed E-state index contributed by atoms with van der Waals surface area (Å²) in [6.07, 6.45) is 5.48. The zero-order valence-corrected chi connectivity index (χ0v) is 10.2. The molecule has 0 aromatic carbocycles. The summed E-state index contributed by atoms with van der Waals surface area (Å²) in [4.78, 5) is 4.29. The van der Waals surface area contributed by atoms with E-state index < -0.39 is 0 Å². The predicted molar refractivity (Wildman–Crippen MR) is 61.7 cm³/mol. The average molecular weight is 210 g/mol. The van der Waals surface area contributed by atoms with E-state index in [4.69, 9.17) is 0 Å². The Labute approximate surface area is 92.1 Å². The van der Waals surface area contributed by atoms with Crippen molar-refractivity contribution in [2.24, 2.45) is 5.41 Å². The molecule has 3 heteroatoms. The van der Waals surface area contributed by atoms with E-state index in [1.807, 2.05) is 27.0 Å². The third-order valence-corrected chi connectivity index (χ3v) is 2.64. The van der Waals surface area contributed by atoms with Gasteiger partial charge < -0.3 is 9.67 Å². The lowest BCUT2D eigenvalue weighted by Crippen LogP contribution is -2.30. The normalized spacial score (nSPS) is 14.2. The minimum atomic E-state index is -0.331. The summed E-state index contributed by atoms with van der Waals surface area (Å²) >= 11 is 0. The van der Waals surface area contributed by atoms with E-state index in [0.717, 1.165) is 18.7 Å². The maximum absolute atomic E-state index is 10.0. The van der Waals surface area contributed by atoms with Crippen molar-refractivity contribution in [3.05, 3.63) is 18.2 Å². The Hall–Kier alpha value is -0.830. The van der Waals surface area contributed by atoms with Gasteiger partial charge in [0.05, 0.1) is 12.6 Å². The van der Waals surface area contributed by atoms with Crippen molar-refractivity contribution in [1.29, 1.82) is 0 Å². The van der Waals surface area contributed by atoms with Crippen LogP contribution in [-0.4, -0.2) is 20.8 Å². The molecule has 1 atom stereocenters. The minimum Gasteiger partial charge on any atom is -0.391 e. The summed E-state index contributed by atoms with van der Waals surface area (Å²) in [5, 5.41) is 10.0. The Kier molecular flexibility index (Phi) is 3.91. The molecule has 0 bridgehead atoms. The number of hydrogen-bond donors (Lipinski definition) is 1. The molecule has 0 amide bonds. The molecular weight excluding hydrogens is 188 g/mol. The first-order valence-corrected chi connectivity index (χ1v) is 5.63. The molecule has 0 saturated heterocycles. The van der Waals surface area contributed by atoms with Gasteiger partial charge >= 0.3 is 0 Å². The van der Waals surface area contributed by atoms with Gasteiger partial charge in [0.25, 0.3) is 0 Å². The first-order valence-electron chi connectivity index (χ1n) is 5.63. The predicted octanol–water partition coefficient (Wildman–Crippen LogP) is 2.24. The fourth-order valence-corrected chi connectivity index (χ4v) is 1.42. The number of aromatic nitrogens is 2. The van der Waals surface area contributed by atoms with Gasteiger partial charge in [0.1, 0.15) is 5.82 Å². The second-order valence-corrected chi connectivity index (χ2v) is 5.13. The molecule has 0 fully saturated rings. The monoisotopic (exact) mass is 210 g/mol. The van der Waals surface area contributed by atoms with E-state index in [0.29, 0.717) is 6.54 Å². The number of aryl methyl sites for hydroxylation is 1. The summed E-state index contributed by atoms with van der Waals surface area (Å²) in [6, 6.07) is 0. The van der Waals surface area contributed by atoms with E-state index in [2.05, 4.69) is 16.5 Å². The molecule has 0 spiro atoms. The van der Waals surface area contributed by atoms with E-state index in [-0.39, 0.29) is 11.5 Å². The molecule has 0 aliphatic rings. The van der Waals surface area contributed by atoms with Crippen LogP contribution < -0.4 is 0 Å². The van der Waals surface area contributed by atoms with Crippen LogP contribution in [0.5, 0.6) is 0 Å². The molecule has 1 unspecified atom stereocenters. The van der Waals surface area contributed by atoms with Crippen LogP contribution in [0.1, 0.15) is 39.9 Å². The number of aliphatic hydroxyl groups excluding tert-OH is 1. The summed E-state index contributed by atoms with van der Waals surface area (Å²) in [5.74, 6) is 1.07. The highest BCUT2D eigenvalue weighted by Gasteiger charge is 2.22. The largest absolute Gasteiger partial charge is 0.391 e. The highest BCUT2D eigenvalue weighted by molar-refractivity contribution is 4.93. The highest BCUT2D eigenvalue weighted by Crippen LogP contribution is 2.20. The Morgan fingerprint density at radius 3 is 2.67 bits per heavy atom. The van der Waals surface area contributed by atoms with Gasteiger partial charge in [0, 0.05) is 18.8 Å². The molecule has 1 rings (SSSR count). The number of aliphatic hydroxyl groups is 1. The summed E-state index contributed by atoms with van der Waals surface area (Å²) in [5.41, 5.74) is -0.0756. The average Bonchev–Trinajstić information content (AvgIpc) is 2.52. The Balaban J connectivity index is 2.68. The minimum absolute atomic E-state index is 0.0756. The summed E-state index contributed by atoms with van der Waals surface area (Å²) in [6.45, 7) is 8.92. The quantitative estimate of drug-likeness (QED) is 0.827. The third-order valence-electron chi connectivity index (χ3n) is 2.64. The van der Waals surface area contributed by atoms with Gasteiger partial charge in [-0.1, -0.05) is 27.7 Å². The van der Waals surface area contributed by atoms with E-state index >= 15 is 0 Å². The van der Waals surface area contributed by atoms with Crippen molar-refractivity contribution in [1.82, 2.24) is 9.55 Å². The van der Waals surface area contributed by atoms with Crippen molar-refractivity contribution in [2.45, 2.75) is 53.2 Å². The van der Waals surface area contributed by atoms with E-state index in [9.17, 15) is 5.11 Å². The molecule has 0 aliphatic heterocycles. The van der Waals surface area contributed by atoms with Gasteiger partial charge in [-0.25, -0.2) is 4.98 Å². The van der Waals surface area contributed by atoms with Crippen molar-refractivity contribution < 1.29 is 5.11 Å². The number of imidazole rings is 1. The van der Waals surface area contributed by atoms with Crippen LogP contribution in [0.2, 0.25) is 0 Å². The van der Waals surface area contributed by atoms with E-state index in [1.165, 1.54) is 0 Å². The Morgan fingerprint density at radius 1 is 1.47 bits per heavy atom. The maximum Gasteiger partial charge on any atom is 0.108 e. The molecule has 86 valence electrons. The molecule has 0 aliphatic carbocycles. The van der Waals surface area contributed by atoms with Crippen LogP contribution in [0, 0.1) is 5.41 Å². The van der Waals surface area contributed by atoms with Crippen molar-refractivity contribution >= 4 is 0 Å². The molecule has 1 aromatic rings. The lowest BCUT2D eigenvalue weighted by Gasteiger charge is -2.26. The third kappa shape index (κ3) is 3.34. The molecule has 3 nitrogen and oxygen atoms in total. The fraction of sp³-hybridized carbons (Fsp3) is 0.750. The summed E-state index contributed by atoms with van der Waals surface area (Å²) < 4.78 is 2.05. The smallest absolute Gasteiger partial charge is 0.108 e. The molecule has 0 saturated carbocycles. The van der Waals surface area contributed by atoms with Crippen LogP contribution in [-0.2, 0) is 13.0 Å².